The van der Waals surface area contributed by atoms with Crippen LogP contribution in [-0.4, -0.2) is 48.4 Å². The number of aromatic amines is 2. The number of carbonyl (C=O) groups is 3. The summed E-state index contributed by atoms with van der Waals surface area (Å²) < 4.78 is 0. The van der Waals surface area contributed by atoms with Crippen molar-refractivity contribution in [3.63, 3.8) is 0 Å². The third-order valence-electron chi connectivity index (χ3n) is 5.06. The Morgan fingerprint density at radius 3 is 2.39 bits per heavy atom. The molecule has 0 radical (unpaired) electrons. The number of ketones is 1. The van der Waals surface area contributed by atoms with Gasteiger partial charge in [0.2, 0.25) is 5.95 Å². The van der Waals surface area contributed by atoms with Crippen molar-refractivity contribution in [1.29, 1.82) is 0 Å². The van der Waals surface area contributed by atoms with Crippen LogP contribution in [0.15, 0.2) is 35.3 Å². The van der Waals surface area contributed by atoms with E-state index in [4.69, 9.17) is 16.6 Å². The molecule has 0 amide bonds. The Hall–Kier alpha value is -3.99. The number of aliphatic carboxylic acids is 2. The number of nitrogens with one attached hydrogen (secondary N) is 2. The number of rotatable bonds is 9. The van der Waals surface area contributed by atoms with Crippen molar-refractivity contribution in [3.05, 3.63) is 57.5 Å². The molecule has 11 heteroatoms. The lowest BCUT2D eigenvalue weighted by Crippen LogP contribution is -2.55. The smallest absolute Gasteiger partial charge is 0.331 e. The minimum Gasteiger partial charge on any atom is -0.481 e. The van der Waals surface area contributed by atoms with Crippen LogP contribution in [0.5, 0.6) is 0 Å². The van der Waals surface area contributed by atoms with Crippen molar-refractivity contribution in [2.24, 2.45) is 5.73 Å². The lowest BCUT2D eigenvalue weighted by atomic mass is 9.85. The Bertz CT molecular complexity index is 1210. The molecule has 11 nitrogen and oxygen atoms in total. The molecular formula is C20H21N5O6. The number of carboxylic acid groups (broad SMARTS) is 2. The molecule has 8 N–H and O–H groups in total. The summed E-state index contributed by atoms with van der Waals surface area (Å²) in [7, 11) is 0. The van der Waals surface area contributed by atoms with Gasteiger partial charge in [0.05, 0.1) is 5.39 Å². The summed E-state index contributed by atoms with van der Waals surface area (Å²) in [6, 6.07) is 6.21. The number of carboxylic acids is 2. The minimum absolute atomic E-state index is 0.0202. The number of nitrogens with two attached hydrogens (primary N) is 2. The highest BCUT2D eigenvalue weighted by atomic mass is 16.4. The Kier molecular flexibility index (Phi) is 5.88. The van der Waals surface area contributed by atoms with Crippen LogP contribution in [0.3, 0.4) is 0 Å². The van der Waals surface area contributed by atoms with Gasteiger partial charge in [-0.05, 0) is 30.4 Å². The van der Waals surface area contributed by atoms with Gasteiger partial charge in [0.25, 0.3) is 5.56 Å². The summed E-state index contributed by atoms with van der Waals surface area (Å²) >= 11 is 0. The quantitative estimate of drug-likeness (QED) is 0.207. The first-order valence-corrected chi connectivity index (χ1v) is 9.35. The Balaban J connectivity index is 1.74. The number of anilines is 1. The zero-order valence-electron chi connectivity index (χ0n) is 16.3. The Labute approximate surface area is 175 Å². The molecule has 2 aromatic heterocycles. The molecule has 2 heterocycles. The van der Waals surface area contributed by atoms with E-state index >= 15 is 0 Å². The molecule has 0 aliphatic rings. The summed E-state index contributed by atoms with van der Waals surface area (Å²) in [5, 5.41) is 18.6. The molecule has 0 bridgehead atoms. The number of aromatic nitrogens is 3. The second-order valence-corrected chi connectivity index (χ2v) is 7.18. The predicted molar refractivity (Wildman–Crippen MR) is 111 cm³/mol. The molecule has 0 saturated carbocycles. The third-order valence-corrected chi connectivity index (χ3v) is 5.06. The van der Waals surface area contributed by atoms with Crippen LogP contribution in [-0.2, 0) is 22.4 Å². The highest BCUT2D eigenvalue weighted by molar-refractivity contribution is 6.16. The maximum absolute atomic E-state index is 12.6. The molecular weight excluding hydrogens is 406 g/mol. The predicted octanol–water partition coefficient (Wildman–Crippen LogP) is 0.448. The lowest BCUT2D eigenvalue weighted by molar-refractivity contribution is -0.142. The van der Waals surface area contributed by atoms with Crippen LogP contribution in [0.25, 0.3) is 11.0 Å². The van der Waals surface area contributed by atoms with Gasteiger partial charge in [-0.15, -0.1) is 0 Å². The molecule has 0 unspecified atom stereocenters. The monoisotopic (exact) mass is 427 g/mol. The second-order valence-electron chi connectivity index (χ2n) is 7.18. The first-order valence-electron chi connectivity index (χ1n) is 9.35. The zero-order valence-corrected chi connectivity index (χ0v) is 16.3. The van der Waals surface area contributed by atoms with Crippen LogP contribution in [0.1, 0.15) is 34.3 Å². The fourth-order valence-corrected chi connectivity index (χ4v) is 3.30. The fraction of sp³-hybridized carbons (Fsp3) is 0.250. The summed E-state index contributed by atoms with van der Waals surface area (Å²) in [5.41, 5.74) is 10.7. The first kappa shape index (κ1) is 21.7. The number of Topliss-reactive ketones (excluding diaryl/α,β-unsaturated/α-hetero) is 1. The van der Waals surface area contributed by atoms with E-state index in [0.717, 1.165) is 11.1 Å². The summed E-state index contributed by atoms with van der Waals surface area (Å²) in [5.74, 6) is -3.67. The lowest BCUT2D eigenvalue weighted by Gasteiger charge is -2.22. The normalized spacial score (nSPS) is 13.1. The van der Waals surface area contributed by atoms with E-state index in [1.807, 2.05) is 0 Å². The molecule has 1 aromatic carbocycles. The largest absolute Gasteiger partial charge is 0.481 e. The second kappa shape index (κ2) is 8.40. The van der Waals surface area contributed by atoms with Gasteiger partial charge in [0, 0.05) is 18.2 Å². The molecule has 0 aliphatic heterocycles. The van der Waals surface area contributed by atoms with E-state index in [9.17, 15) is 24.3 Å². The van der Waals surface area contributed by atoms with E-state index in [0.29, 0.717) is 23.9 Å². The van der Waals surface area contributed by atoms with Crippen LogP contribution >= 0.6 is 0 Å². The topological polar surface area (TPSA) is 205 Å². The average Bonchev–Trinajstić information content (AvgIpc) is 3.13. The summed E-state index contributed by atoms with van der Waals surface area (Å²) in [4.78, 5) is 56.5. The van der Waals surface area contributed by atoms with Gasteiger partial charge in [0.1, 0.15) is 5.65 Å². The van der Waals surface area contributed by atoms with Crippen molar-refractivity contribution in [3.8, 4) is 0 Å². The van der Waals surface area contributed by atoms with Crippen LogP contribution in [0.2, 0.25) is 0 Å². The van der Waals surface area contributed by atoms with Crippen molar-refractivity contribution >= 4 is 34.7 Å². The standard InChI is InChI=1S/C20H21N5O6/c21-19-24-16-14(17(29)25-19)12(9-23-16)6-3-10-1-4-11(5-2-10)15(28)20(22,18(30)31)8-7-13(26)27/h1-2,4-5,9H,3,6-8,22H2,(H,26,27)(H,30,31)(H4,21,23,24,25,29)/t20-/m1/s1. The molecule has 1 atom stereocenters. The number of nitrogens with zero attached hydrogens (tertiary/aromatic N) is 1. The van der Waals surface area contributed by atoms with Crippen LogP contribution in [0.4, 0.5) is 5.95 Å². The van der Waals surface area contributed by atoms with Crippen molar-refractivity contribution < 1.29 is 24.6 Å². The number of hydrogen-bond donors (Lipinski definition) is 6. The highest BCUT2D eigenvalue weighted by Crippen LogP contribution is 2.20. The number of benzene rings is 1. The minimum atomic E-state index is -2.32. The van der Waals surface area contributed by atoms with Gasteiger partial charge in [-0.1, -0.05) is 24.3 Å². The number of carbonyl (C=O) groups excluding carboxylic acids is 1. The maximum atomic E-state index is 12.6. The molecule has 0 aliphatic carbocycles. The summed E-state index contributed by atoms with van der Waals surface area (Å²) in [6.45, 7) is 0. The number of H-pyrrole nitrogens is 2. The third kappa shape index (κ3) is 4.46. The van der Waals surface area contributed by atoms with Crippen LogP contribution in [0, 0.1) is 0 Å². The maximum Gasteiger partial charge on any atom is 0.331 e. The molecule has 3 rings (SSSR count). The Morgan fingerprint density at radius 2 is 1.77 bits per heavy atom. The van der Waals surface area contributed by atoms with Crippen LogP contribution < -0.4 is 17.0 Å². The molecule has 162 valence electrons. The van der Waals surface area contributed by atoms with Gasteiger partial charge in [-0.25, -0.2) is 4.79 Å². The fourth-order valence-electron chi connectivity index (χ4n) is 3.30. The van der Waals surface area contributed by atoms with E-state index in [-0.39, 0.29) is 17.1 Å². The van der Waals surface area contributed by atoms with Gasteiger partial charge in [-0.3, -0.25) is 19.4 Å². The molecule has 31 heavy (non-hydrogen) atoms. The molecule has 0 spiro atoms. The van der Waals surface area contributed by atoms with E-state index in [1.54, 1.807) is 18.3 Å². The van der Waals surface area contributed by atoms with E-state index < -0.39 is 36.1 Å². The number of hydrogen-bond acceptors (Lipinski definition) is 7. The van der Waals surface area contributed by atoms with Gasteiger partial charge < -0.3 is 26.7 Å². The van der Waals surface area contributed by atoms with Gasteiger partial charge >= 0.3 is 11.9 Å². The molecule has 0 saturated heterocycles. The van der Waals surface area contributed by atoms with Gasteiger partial charge in [0.15, 0.2) is 11.3 Å². The molecule has 3 aromatic rings. The van der Waals surface area contributed by atoms with Gasteiger partial charge in [-0.2, -0.15) is 4.98 Å². The zero-order chi connectivity index (χ0) is 22.8. The van der Waals surface area contributed by atoms with Crippen molar-refractivity contribution in [2.75, 3.05) is 5.73 Å². The number of nitrogen functional groups attached to an aromatic ring is 1. The van der Waals surface area contributed by atoms with E-state index in [1.165, 1.54) is 12.1 Å². The summed E-state index contributed by atoms with van der Waals surface area (Å²) in [6.07, 6.45) is 1.67. The van der Waals surface area contributed by atoms with E-state index in [2.05, 4.69) is 15.0 Å². The Morgan fingerprint density at radius 1 is 1.10 bits per heavy atom. The number of fused-ring (bicyclic) bond motifs is 1. The first-order chi connectivity index (χ1) is 14.6. The SMILES string of the molecule is Nc1nc2[nH]cc(CCc3ccc(C(=O)[C@](N)(CCC(=O)O)C(=O)O)cc3)c2c(=O)[nH]1. The van der Waals surface area contributed by atoms with Crippen molar-refractivity contribution in [1.82, 2.24) is 15.0 Å². The average molecular weight is 427 g/mol. The highest BCUT2D eigenvalue weighted by Gasteiger charge is 2.42. The number of aryl methyl sites for hydroxylation is 2. The van der Waals surface area contributed by atoms with Crippen molar-refractivity contribution in [2.45, 2.75) is 31.2 Å². The molecule has 0 fully saturated rings.